The second-order valence-corrected chi connectivity index (χ2v) is 4.39. The second-order valence-electron chi connectivity index (χ2n) is 4.39. The average molecular weight is 265 g/mol. The predicted molar refractivity (Wildman–Crippen MR) is 70.0 cm³/mol. The van der Waals surface area contributed by atoms with Crippen LogP contribution < -0.4 is 4.90 Å². The molecule has 2 rings (SSSR count). The van der Waals surface area contributed by atoms with Crippen LogP contribution in [0.3, 0.4) is 0 Å². The molecule has 0 saturated heterocycles. The van der Waals surface area contributed by atoms with Crippen molar-refractivity contribution in [2.45, 2.75) is 12.7 Å². The molecule has 0 aliphatic rings. The van der Waals surface area contributed by atoms with Crippen LogP contribution in [0, 0.1) is 0 Å². The van der Waals surface area contributed by atoms with E-state index in [0.717, 1.165) is 23.4 Å². The van der Waals surface area contributed by atoms with Crippen LogP contribution in [0.4, 0.5) is 18.9 Å². The van der Waals surface area contributed by atoms with Crippen LogP contribution >= 0.6 is 0 Å². The van der Waals surface area contributed by atoms with Gasteiger partial charge in [0.15, 0.2) is 0 Å². The van der Waals surface area contributed by atoms with Gasteiger partial charge in [-0.25, -0.2) is 0 Å². The van der Waals surface area contributed by atoms with Gasteiger partial charge in [0.2, 0.25) is 0 Å². The molecule has 0 fully saturated rings. The van der Waals surface area contributed by atoms with E-state index in [4.69, 9.17) is 0 Å². The summed E-state index contributed by atoms with van der Waals surface area (Å²) < 4.78 is 37.4. The van der Waals surface area contributed by atoms with E-state index in [2.05, 4.69) is 0 Å². The molecule has 19 heavy (non-hydrogen) atoms. The van der Waals surface area contributed by atoms with Crippen molar-refractivity contribution in [3.63, 3.8) is 0 Å². The Kier molecular flexibility index (Phi) is 3.79. The molecule has 0 amide bonds. The van der Waals surface area contributed by atoms with Gasteiger partial charge in [-0.15, -0.1) is 0 Å². The smallest absolute Gasteiger partial charge is 0.370 e. The topological polar surface area (TPSA) is 3.24 Å². The number of anilines is 1. The molecule has 0 spiro atoms. The van der Waals surface area contributed by atoms with Crippen molar-refractivity contribution in [2.24, 2.45) is 0 Å². The zero-order valence-corrected chi connectivity index (χ0v) is 10.5. The van der Waals surface area contributed by atoms with E-state index in [0.29, 0.717) is 6.54 Å². The zero-order valence-electron chi connectivity index (χ0n) is 10.5. The maximum Gasteiger partial charge on any atom is 0.416 e. The Labute approximate surface area is 110 Å². The minimum atomic E-state index is -4.28. The highest BCUT2D eigenvalue weighted by Gasteiger charge is 2.30. The molecule has 0 atom stereocenters. The zero-order chi connectivity index (χ0) is 13.9. The van der Waals surface area contributed by atoms with Crippen LogP contribution in [0.2, 0.25) is 0 Å². The van der Waals surface area contributed by atoms with Crippen LogP contribution in [0.1, 0.15) is 11.1 Å². The monoisotopic (exact) mass is 265 g/mol. The molecule has 2 aromatic rings. The lowest BCUT2D eigenvalue weighted by Crippen LogP contribution is -2.16. The maximum atomic E-state index is 12.5. The molecule has 0 bridgehead atoms. The molecule has 0 N–H and O–H groups in total. The summed E-state index contributed by atoms with van der Waals surface area (Å²) in [6.45, 7) is 0.659. The largest absolute Gasteiger partial charge is 0.416 e. The Balaban J connectivity index is 2.10. The van der Waals surface area contributed by atoms with Gasteiger partial charge in [-0.05, 0) is 29.8 Å². The first-order chi connectivity index (χ1) is 8.97. The summed E-state index contributed by atoms with van der Waals surface area (Å²) in [6, 6.07) is 15.0. The van der Waals surface area contributed by atoms with Crippen LogP contribution in [0.15, 0.2) is 54.6 Å². The van der Waals surface area contributed by atoms with Crippen molar-refractivity contribution in [2.75, 3.05) is 11.9 Å². The summed E-state index contributed by atoms with van der Waals surface area (Å²) in [5.74, 6) is 0. The molecule has 0 heterocycles. The number of nitrogens with zero attached hydrogens (tertiary/aromatic N) is 1. The van der Waals surface area contributed by atoms with Crippen LogP contribution in [-0.2, 0) is 12.7 Å². The van der Waals surface area contributed by atoms with E-state index in [-0.39, 0.29) is 0 Å². The van der Waals surface area contributed by atoms with Crippen molar-refractivity contribution < 1.29 is 13.2 Å². The van der Waals surface area contributed by atoms with Gasteiger partial charge < -0.3 is 4.90 Å². The fourth-order valence-corrected chi connectivity index (χ4v) is 1.85. The quantitative estimate of drug-likeness (QED) is 0.797. The third-order valence-corrected chi connectivity index (χ3v) is 2.90. The molecule has 0 radical (unpaired) electrons. The third kappa shape index (κ3) is 3.50. The molecule has 1 nitrogen and oxygen atoms in total. The maximum absolute atomic E-state index is 12.5. The van der Waals surface area contributed by atoms with Crippen LogP contribution in [0.5, 0.6) is 0 Å². The summed E-state index contributed by atoms with van der Waals surface area (Å²) >= 11 is 0. The minimum absolute atomic E-state index is 0.621. The summed E-state index contributed by atoms with van der Waals surface area (Å²) in [7, 11) is 1.86. The van der Waals surface area contributed by atoms with Crippen molar-refractivity contribution in [3.8, 4) is 0 Å². The average Bonchev–Trinajstić information content (AvgIpc) is 2.39. The summed E-state index contributed by atoms with van der Waals surface area (Å²) in [4.78, 5) is 1.91. The van der Waals surface area contributed by atoms with Crippen molar-refractivity contribution in [1.82, 2.24) is 0 Å². The second kappa shape index (κ2) is 5.34. The van der Waals surface area contributed by atoms with Gasteiger partial charge in [0.05, 0.1) is 5.56 Å². The Hall–Kier alpha value is -1.97. The Morgan fingerprint density at radius 3 is 2.00 bits per heavy atom. The first kappa shape index (κ1) is 13.5. The molecule has 0 aromatic heterocycles. The highest BCUT2D eigenvalue weighted by Crippen LogP contribution is 2.30. The van der Waals surface area contributed by atoms with E-state index in [1.165, 1.54) is 12.1 Å². The van der Waals surface area contributed by atoms with Gasteiger partial charge in [-0.3, -0.25) is 0 Å². The Bertz CT molecular complexity index is 517. The predicted octanol–water partition coefficient (Wildman–Crippen LogP) is 4.34. The third-order valence-electron chi connectivity index (χ3n) is 2.90. The van der Waals surface area contributed by atoms with Gasteiger partial charge in [0, 0.05) is 19.3 Å². The van der Waals surface area contributed by atoms with E-state index in [1.54, 1.807) is 0 Å². The number of hydrogen-bond acceptors (Lipinski definition) is 1. The first-order valence-corrected chi connectivity index (χ1v) is 5.89. The first-order valence-electron chi connectivity index (χ1n) is 5.89. The number of alkyl halides is 3. The minimum Gasteiger partial charge on any atom is -0.370 e. The van der Waals surface area contributed by atoms with Gasteiger partial charge in [0.25, 0.3) is 0 Å². The molecule has 0 unspecified atom stereocenters. The number of hydrogen-bond donors (Lipinski definition) is 0. The van der Waals surface area contributed by atoms with Crippen molar-refractivity contribution >= 4 is 5.69 Å². The van der Waals surface area contributed by atoms with Crippen LogP contribution in [-0.4, -0.2) is 7.05 Å². The number of halogens is 3. The SMILES string of the molecule is CN(Cc1ccccc1)c1ccc(C(F)(F)F)cc1. The van der Waals surface area contributed by atoms with E-state index in [1.807, 2.05) is 42.3 Å². The number of benzene rings is 2. The molecule has 0 aliphatic carbocycles. The van der Waals surface area contributed by atoms with Crippen LogP contribution in [0.25, 0.3) is 0 Å². The summed E-state index contributed by atoms with van der Waals surface area (Å²) in [5.41, 5.74) is 1.26. The molecule has 4 heteroatoms. The van der Waals surface area contributed by atoms with E-state index >= 15 is 0 Å². The van der Waals surface area contributed by atoms with Crippen molar-refractivity contribution in [3.05, 3.63) is 65.7 Å². The lowest BCUT2D eigenvalue weighted by molar-refractivity contribution is -0.137. The normalized spacial score (nSPS) is 11.4. The molecular weight excluding hydrogens is 251 g/mol. The lowest BCUT2D eigenvalue weighted by Gasteiger charge is -2.20. The summed E-state index contributed by atoms with van der Waals surface area (Å²) in [6.07, 6.45) is -4.28. The van der Waals surface area contributed by atoms with Gasteiger partial charge in [0.1, 0.15) is 0 Å². The highest BCUT2D eigenvalue weighted by atomic mass is 19.4. The fourth-order valence-electron chi connectivity index (χ4n) is 1.85. The standard InChI is InChI=1S/C15H14F3N/c1-19(11-12-5-3-2-4-6-12)14-9-7-13(8-10-14)15(16,17)18/h2-10H,11H2,1H3. The highest BCUT2D eigenvalue weighted by molar-refractivity contribution is 5.47. The number of rotatable bonds is 3. The van der Waals surface area contributed by atoms with Gasteiger partial charge >= 0.3 is 6.18 Å². The van der Waals surface area contributed by atoms with E-state index < -0.39 is 11.7 Å². The van der Waals surface area contributed by atoms with Gasteiger partial charge in [-0.2, -0.15) is 13.2 Å². The van der Waals surface area contributed by atoms with Gasteiger partial charge in [-0.1, -0.05) is 30.3 Å². The fraction of sp³-hybridized carbons (Fsp3) is 0.200. The molecule has 2 aromatic carbocycles. The van der Waals surface area contributed by atoms with Crippen molar-refractivity contribution in [1.29, 1.82) is 0 Å². The molecular formula is C15H14F3N. The lowest BCUT2D eigenvalue weighted by atomic mass is 10.1. The Morgan fingerprint density at radius 2 is 1.47 bits per heavy atom. The summed E-state index contributed by atoms with van der Waals surface area (Å²) in [5, 5.41) is 0. The molecule has 0 aliphatic heterocycles. The van der Waals surface area contributed by atoms with E-state index in [9.17, 15) is 13.2 Å². The Morgan fingerprint density at radius 1 is 0.895 bits per heavy atom. The molecule has 0 saturated carbocycles. The molecule has 100 valence electrons.